The molecule has 0 unspecified atom stereocenters. The third kappa shape index (κ3) is 2.85. The number of aromatic carboxylic acids is 1. The second-order valence-corrected chi connectivity index (χ2v) is 3.84. The molecule has 0 spiro atoms. The number of hydrogen-bond acceptors (Lipinski definition) is 2. The van der Waals surface area contributed by atoms with Gasteiger partial charge in [0, 0.05) is 6.54 Å². The van der Waals surface area contributed by atoms with E-state index in [1.807, 2.05) is 0 Å². The number of carboxylic acids is 1. The van der Waals surface area contributed by atoms with Crippen LogP contribution >= 0.6 is 0 Å². The van der Waals surface area contributed by atoms with Crippen LogP contribution in [0.3, 0.4) is 0 Å². The summed E-state index contributed by atoms with van der Waals surface area (Å²) in [5.41, 5.74) is 1.56. The standard InChI is InChI=1S/C14H12FNO2/c15-12-3-1-2-4-13(12)16-9-10-5-7-11(8-6-10)14(17)18/h1-8,16H,9H2,(H,17,18). The first-order valence-electron chi connectivity index (χ1n) is 5.47. The Balaban J connectivity index is 2.02. The summed E-state index contributed by atoms with van der Waals surface area (Å²) in [5, 5.41) is 11.7. The van der Waals surface area contributed by atoms with Gasteiger partial charge in [0.2, 0.25) is 0 Å². The Morgan fingerprint density at radius 2 is 1.78 bits per heavy atom. The smallest absolute Gasteiger partial charge is 0.335 e. The lowest BCUT2D eigenvalue weighted by molar-refractivity contribution is 0.0697. The second-order valence-electron chi connectivity index (χ2n) is 3.84. The Morgan fingerprint density at radius 1 is 1.11 bits per heavy atom. The van der Waals surface area contributed by atoms with Gasteiger partial charge in [0.15, 0.2) is 0 Å². The van der Waals surface area contributed by atoms with Gasteiger partial charge in [-0.1, -0.05) is 24.3 Å². The van der Waals surface area contributed by atoms with Gasteiger partial charge in [-0.2, -0.15) is 0 Å². The fourth-order valence-corrected chi connectivity index (χ4v) is 1.57. The molecule has 0 fully saturated rings. The third-order valence-electron chi connectivity index (χ3n) is 2.56. The van der Waals surface area contributed by atoms with Crippen LogP contribution in [0.5, 0.6) is 0 Å². The molecule has 4 heteroatoms. The predicted molar refractivity (Wildman–Crippen MR) is 67.1 cm³/mol. The summed E-state index contributed by atoms with van der Waals surface area (Å²) in [5.74, 6) is -1.26. The van der Waals surface area contributed by atoms with Crippen molar-refractivity contribution < 1.29 is 14.3 Å². The number of hydrogen-bond donors (Lipinski definition) is 2. The summed E-state index contributed by atoms with van der Waals surface area (Å²) >= 11 is 0. The highest BCUT2D eigenvalue weighted by Crippen LogP contribution is 2.14. The molecule has 0 aliphatic heterocycles. The minimum absolute atomic E-state index is 0.240. The second kappa shape index (κ2) is 5.31. The van der Waals surface area contributed by atoms with E-state index in [-0.39, 0.29) is 11.4 Å². The van der Waals surface area contributed by atoms with E-state index < -0.39 is 5.97 Å². The molecule has 2 aromatic carbocycles. The van der Waals surface area contributed by atoms with Gasteiger partial charge in [0.25, 0.3) is 0 Å². The van der Waals surface area contributed by atoms with E-state index in [2.05, 4.69) is 5.32 Å². The number of benzene rings is 2. The summed E-state index contributed by atoms with van der Waals surface area (Å²) in [4.78, 5) is 10.7. The van der Waals surface area contributed by atoms with Crippen LogP contribution in [0.2, 0.25) is 0 Å². The first kappa shape index (κ1) is 12.1. The molecule has 92 valence electrons. The lowest BCUT2D eigenvalue weighted by Crippen LogP contribution is -2.02. The molecular weight excluding hydrogens is 233 g/mol. The fraction of sp³-hybridized carbons (Fsp3) is 0.0714. The third-order valence-corrected chi connectivity index (χ3v) is 2.56. The van der Waals surface area contributed by atoms with Gasteiger partial charge in [-0.25, -0.2) is 9.18 Å². The monoisotopic (exact) mass is 245 g/mol. The Labute approximate surface area is 104 Å². The van der Waals surface area contributed by atoms with Crippen molar-refractivity contribution in [3.05, 3.63) is 65.5 Å². The van der Waals surface area contributed by atoms with Crippen LogP contribution in [0.15, 0.2) is 48.5 Å². The van der Waals surface area contributed by atoms with Gasteiger partial charge in [-0.3, -0.25) is 0 Å². The zero-order chi connectivity index (χ0) is 13.0. The Kier molecular flexibility index (Phi) is 3.57. The molecule has 2 N–H and O–H groups in total. The van der Waals surface area contributed by atoms with Crippen LogP contribution in [-0.4, -0.2) is 11.1 Å². The molecular formula is C14H12FNO2. The highest BCUT2D eigenvalue weighted by molar-refractivity contribution is 5.87. The maximum Gasteiger partial charge on any atom is 0.335 e. The normalized spacial score (nSPS) is 10.1. The van der Waals surface area contributed by atoms with Gasteiger partial charge < -0.3 is 10.4 Å². The van der Waals surface area contributed by atoms with Crippen LogP contribution in [0.25, 0.3) is 0 Å². The number of rotatable bonds is 4. The Bertz CT molecular complexity index is 552. The van der Waals surface area contributed by atoms with Crippen molar-refractivity contribution in [2.45, 2.75) is 6.54 Å². The first-order valence-corrected chi connectivity index (χ1v) is 5.47. The topological polar surface area (TPSA) is 49.3 Å². The quantitative estimate of drug-likeness (QED) is 0.870. The Morgan fingerprint density at radius 3 is 2.39 bits per heavy atom. The van der Waals surface area contributed by atoms with E-state index in [1.54, 1.807) is 30.3 Å². The molecule has 0 saturated carbocycles. The van der Waals surface area contributed by atoms with E-state index in [1.165, 1.54) is 18.2 Å². The van der Waals surface area contributed by atoms with Crippen molar-refractivity contribution in [2.75, 3.05) is 5.32 Å². The minimum atomic E-state index is -0.955. The summed E-state index contributed by atoms with van der Waals surface area (Å²) in [6.07, 6.45) is 0. The van der Waals surface area contributed by atoms with Gasteiger partial charge >= 0.3 is 5.97 Å². The number of para-hydroxylation sites is 1. The number of halogens is 1. The molecule has 0 atom stereocenters. The molecule has 0 saturated heterocycles. The number of nitrogens with one attached hydrogen (secondary N) is 1. The van der Waals surface area contributed by atoms with Gasteiger partial charge in [0.1, 0.15) is 5.82 Å². The van der Waals surface area contributed by atoms with Crippen molar-refractivity contribution in [1.82, 2.24) is 0 Å². The molecule has 18 heavy (non-hydrogen) atoms. The average Bonchev–Trinajstić information content (AvgIpc) is 2.38. The van der Waals surface area contributed by atoms with Crippen molar-refractivity contribution in [2.24, 2.45) is 0 Å². The van der Waals surface area contributed by atoms with Crippen LogP contribution in [0.4, 0.5) is 10.1 Å². The van der Waals surface area contributed by atoms with E-state index in [0.29, 0.717) is 12.2 Å². The number of carbonyl (C=O) groups is 1. The molecule has 2 aromatic rings. The molecule has 3 nitrogen and oxygen atoms in total. The van der Waals surface area contributed by atoms with E-state index >= 15 is 0 Å². The van der Waals surface area contributed by atoms with Crippen molar-refractivity contribution in [3.8, 4) is 0 Å². The molecule has 0 radical (unpaired) electrons. The summed E-state index contributed by atoms with van der Waals surface area (Å²) < 4.78 is 13.3. The van der Waals surface area contributed by atoms with Crippen molar-refractivity contribution >= 4 is 11.7 Å². The van der Waals surface area contributed by atoms with Crippen LogP contribution in [0, 0.1) is 5.82 Å². The largest absolute Gasteiger partial charge is 0.478 e. The number of carboxylic acid groups (broad SMARTS) is 1. The van der Waals surface area contributed by atoms with Crippen LogP contribution in [-0.2, 0) is 6.54 Å². The maximum atomic E-state index is 13.3. The van der Waals surface area contributed by atoms with Crippen LogP contribution < -0.4 is 5.32 Å². The highest BCUT2D eigenvalue weighted by atomic mass is 19.1. The summed E-state index contributed by atoms with van der Waals surface area (Å²) in [6, 6.07) is 12.9. The predicted octanol–water partition coefficient (Wildman–Crippen LogP) is 3.14. The zero-order valence-corrected chi connectivity index (χ0v) is 9.56. The first-order chi connectivity index (χ1) is 8.66. The molecule has 0 aromatic heterocycles. The fourth-order valence-electron chi connectivity index (χ4n) is 1.57. The lowest BCUT2D eigenvalue weighted by atomic mass is 10.1. The zero-order valence-electron chi connectivity index (χ0n) is 9.56. The summed E-state index contributed by atoms with van der Waals surface area (Å²) in [7, 11) is 0. The maximum absolute atomic E-state index is 13.3. The molecule has 0 aliphatic rings. The summed E-state index contributed by atoms with van der Waals surface area (Å²) in [6.45, 7) is 0.445. The molecule has 0 aliphatic carbocycles. The minimum Gasteiger partial charge on any atom is -0.478 e. The Hall–Kier alpha value is -2.36. The van der Waals surface area contributed by atoms with Gasteiger partial charge in [0.05, 0.1) is 11.3 Å². The van der Waals surface area contributed by atoms with E-state index in [9.17, 15) is 9.18 Å². The van der Waals surface area contributed by atoms with Gasteiger partial charge in [-0.15, -0.1) is 0 Å². The molecule has 0 amide bonds. The van der Waals surface area contributed by atoms with Crippen molar-refractivity contribution in [3.63, 3.8) is 0 Å². The van der Waals surface area contributed by atoms with Crippen molar-refractivity contribution in [1.29, 1.82) is 0 Å². The van der Waals surface area contributed by atoms with Gasteiger partial charge in [-0.05, 0) is 29.8 Å². The van der Waals surface area contributed by atoms with E-state index in [4.69, 9.17) is 5.11 Å². The molecule has 0 heterocycles. The molecule has 0 bridgehead atoms. The van der Waals surface area contributed by atoms with E-state index in [0.717, 1.165) is 5.56 Å². The molecule has 2 rings (SSSR count). The number of anilines is 1. The lowest BCUT2D eigenvalue weighted by Gasteiger charge is -2.07. The SMILES string of the molecule is O=C(O)c1ccc(CNc2ccccc2F)cc1. The average molecular weight is 245 g/mol. The highest BCUT2D eigenvalue weighted by Gasteiger charge is 2.03. The van der Waals surface area contributed by atoms with Crippen LogP contribution in [0.1, 0.15) is 15.9 Å².